The van der Waals surface area contributed by atoms with Gasteiger partial charge in [-0.2, -0.15) is 0 Å². The van der Waals surface area contributed by atoms with Crippen molar-refractivity contribution < 1.29 is 43.0 Å². The lowest BCUT2D eigenvalue weighted by molar-refractivity contribution is -0.156. The maximum absolute atomic E-state index is 13.5. The van der Waals surface area contributed by atoms with Crippen molar-refractivity contribution in [2.75, 3.05) is 12.4 Å². The molecule has 14 nitrogen and oxygen atoms in total. The molecule has 0 saturated carbocycles. The summed E-state index contributed by atoms with van der Waals surface area (Å²) in [4.78, 5) is 83.7. The van der Waals surface area contributed by atoms with Gasteiger partial charge in [0.25, 0.3) is 11.8 Å². The third kappa shape index (κ3) is 22.9. The Morgan fingerprint density at radius 1 is 1.04 bits per heavy atom. The van der Waals surface area contributed by atoms with E-state index in [2.05, 4.69) is 52.5 Å². The number of hydrogen-bond acceptors (Lipinski definition) is 11. The molecule has 310 valence electrons. The highest BCUT2D eigenvalue weighted by molar-refractivity contribution is 8.13. The predicted octanol–water partition coefficient (Wildman–Crippen LogP) is 6.96. The van der Waals surface area contributed by atoms with E-state index in [0.717, 1.165) is 31.7 Å². The molecule has 16 heteroatoms. The van der Waals surface area contributed by atoms with Gasteiger partial charge >= 0.3 is 18.0 Å². The van der Waals surface area contributed by atoms with Crippen molar-refractivity contribution in [3.05, 3.63) is 41.6 Å². The summed E-state index contributed by atoms with van der Waals surface area (Å²) < 4.78 is 16.4. The largest absolute Gasteiger partial charge is 0.466 e. The number of allylic oxidation sites excluding steroid dienone is 2. The number of imidazole rings is 1. The van der Waals surface area contributed by atoms with Crippen LogP contribution in [0.5, 0.6) is 0 Å². The maximum Gasteiger partial charge on any atom is 0.408 e. The molecule has 0 fully saturated rings. The van der Waals surface area contributed by atoms with Crippen molar-refractivity contribution in [2.24, 2.45) is 5.92 Å². The third-order valence-corrected chi connectivity index (χ3v) is 10.5. The monoisotopic (exact) mass is 807 g/mol. The van der Waals surface area contributed by atoms with E-state index in [9.17, 15) is 28.8 Å². The summed E-state index contributed by atoms with van der Waals surface area (Å²) in [6.07, 6.45) is 10.7. The van der Waals surface area contributed by atoms with E-state index in [4.69, 9.17) is 14.2 Å². The molecule has 4 N–H and O–H groups in total. The second kappa shape index (κ2) is 25.3. The standard InChI is InChI=1S/C39H65N5O9SSi/c1-11-13-14-15-16-20-33(46)54-22-18-17-19-28(24-32(45)51-21-23-55(8,9)10)52-37(49)34(27(3)4)44-35(47)29(12-2)43-36(48)30-25-40-31(42-30)26-41-38(50)53-39(5,6)7/h12,17,19,25,27-28,34H,11,13-16,18,20-24,26H2,1-10H3,(H,40,42)(H,41,50)(H,43,48)(H,44,47)/t28-,34+/m1/s1. The summed E-state index contributed by atoms with van der Waals surface area (Å²) in [5.74, 6) is -2.27. The molecule has 0 aliphatic heterocycles. The lowest BCUT2D eigenvalue weighted by Gasteiger charge is -2.24. The number of rotatable bonds is 24. The molecule has 0 saturated heterocycles. The van der Waals surface area contributed by atoms with E-state index < -0.39 is 61.6 Å². The van der Waals surface area contributed by atoms with Gasteiger partial charge in [0.1, 0.15) is 35.0 Å². The maximum atomic E-state index is 13.5. The van der Waals surface area contributed by atoms with E-state index in [-0.39, 0.29) is 41.9 Å². The molecule has 55 heavy (non-hydrogen) atoms. The van der Waals surface area contributed by atoms with Crippen LogP contribution >= 0.6 is 11.8 Å². The number of amides is 3. The van der Waals surface area contributed by atoms with Crippen molar-refractivity contribution in [1.82, 2.24) is 25.9 Å². The molecular weight excluding hydrogens is 743 g/mol. The average Bonchev–Trinajstić information content (AvgIpc) is 3.56. The van der Waals surface area contributed by atoms with E-state index in [1.807, 2.05) is 0 Å². The van der Waals surface area contributed by atoms with Gasteiger partial charge in [-0.1, -0.05) is 90.0 Å². The van der Waals surface area contributed by atoms with Gasteiger partial charge in [-0.3, -0.25) is 19.2 Å². The summed E-state index contributed by atoms with van der Waals surface area (Å²) >= 11 is 1.27. The molecule has 0 spiro atoms. The molecule has 1 aromatic rings. The SMILES string of the molecule is CC=C(NC(=O)c1cnc(CNC(=O)OC(C)(C)C)[nH]1)C(=O)N[C@H](C(=O)O[C@H](C=CCCSC(=O)CCCCCCC)CC(=O)OCC[Si](C)(C)C)C(C)C. The summed E-state index contributed by atoms with van der Waals surface area (Å²) in [6, 6.07) is -0.331. The number of aromatic nitrogens is 2. The fourth-order valence-corrected chi connectivity index (χ4v) is 6.19. The van der Waals surface area contributed by atoms with Crippen LogP contribution in [0.3, 0.4) is 0 Å². The van der Waals surface area contributed by atoms with Crippen LogP contribution in [0.1, 0.15) is 116 Å². The van der Waals surface area contributed by atoms with Crippen LogP contribution in [0.2, 0.25) is 25.7 Å². The number of carbonyl (C=O) groups excluding carboxylic acids is 6. The smallest absolute Gasteiger partial charge is 0.408 e. The fourth-order valence-electron chi connectivity index (χ4n) is 4.70. The zero-order valence-corrected chi connectivity index (χ0v) is 36.4. The number of nitrogens with zero attached hydrogens (tertiary/aromatic N) is 1. The van der Waals surface area contributed by atoms with Gasteiger partial charge in [0, 0.05) is 20.2 Å². The number of H-pyrrole nitrogens is 1. The molecule has 0 radical (unpaired) electrons. The quantitative estimate of drug-likeness (QED) is 0.0211. The summed E-state index contributed by atoms with van der Waals surface area (Å²) in [7, 11) is -1.44. The number of carbonyl (C=O) groups is 6. The topological polar surface area (TPSA) is 195 Å². The lowest BCUT2D eigenvalue weighted by Crippen LogP contribution is -2.48. The molecule has 0 unspecified atom stereocenters. The average molecular weight is 808 g/mol. The first-order valence-corrected chi connectivity index (χ1v) is 23.9. The highest BCUT2D eigenvalue weighted by Gasteiger charge is 2.30. The number of esters is 2. The Bertz CT molecular complexity index is 1460. The first kappa shape index (κ1) is 49.1. The zero-order chi connectivity index (χ0) is 41.6. The van der Waals surface area contributed by atoms with E-state index in [1.54, 1.807) is 53.7 Å². The first-order chi connectivity index (χ1) is 25.7. The van der Waals surface area contributed by atoms with Crippen molar-refractivity contribution in [3.8, 4) is 0 Å². The van der Waals surface area contributed by atoms with Crippen LogP contribution in [0.4, 0.5) is 4.79 Å². The Balaban J connectivity index is 2.91. The lowest BCUT2D eigenvalue weighted by atomic mass is 10.0. The van der Waals surface area contributed by atoms with Crippen LogP contribution in [-0.4, -0.2) is 83.1 Å². The number of alkyl carbamates (subject to hydrolysis) is 1. The number of unbranched alkanes of at least 4 members (excludes halogenated alkanes) is 4. The normalized spacial score (nSPS) is 13.3. The first-order valence-electron chi connectivity index (χ1n) is 19.2. The second-order valence-electron chi connectivity index (χ2n) is 15.8. The Labute approximate surface area is 332 Å². The van der Waals surface area contributed by atoms with E-state index >= 15 is 0 Å². The molecule has 0 aliphatic carbocycles. The number of ether oxygens (including phenoxy) is 3. The molecule has 1 heterocycles. The predicted molar refractivity (Wildman–Crippen MR) is 218 cm³/mol. The van der Waals surface area contributed by atoms with Gasteiger partial charge in [-0.25, -0.2) is 14.6 Å². The zero-order valence-electron chi connectivity index (χ0n) is 34.6. The fraction of sp³-hybridized carbons (Fsp3) is 0.667. The van der Waals surface area contributed by atoms with Crippen LogP contribution < -0.4 is 16.0 Å². The van der Waals surface area contributed by atoms with Gasteiger partial charge in [-0.05, 0) is 58.6 Å². The minimum Gasteiger partial charge on any atom is -0.466 e. The van der Waals surface area contributed by atoms with Gasteiger partial charge in [-0.15, -0.1) is 0 Å². The minimum absolute atomic E-state index is 0.0262. The molecular formula is C39H65N5O9SSi. The van der Waals surface area contributed by atoms with E-state index in [0.29, 0.717) is 18.6 Å². The third-order valence-electron chi connectivity index (χ3n) is 7.79. The van der Waals surface area contributed by atoms with Gasteiger partial charge in [0.2, 0.25) is 0 Å². The van der Waals surface area contributed by atoms with Crippen molar-refractivity contribution in [3.63, 3.8) is 0 Å². The van der Waals surface area contributed by atoms with Crippen molar-refractivity contribution >= 4 is 54.8 Å². The summed E-state index contributed by atoms with van der Waals surface area (Å²) in [6.45, 7) is 19.1. The molecule has 0 aromatic carbocycles. The van der Waals surface area contributed by atoms with E-state index in [1.165, 1.54) is 30.5 Å². The minimum atomic E-state index is -1.44. The highest BCUT2D eigenvalue weighted by atomic mass is 32.2. The van der Waals surface area contributed by atoms with Crippen LogP contribution in [0.15, 0.2) is 30.1 Å². The van der Waals surface area contributed by atoms with Crippen LogP contribution in [0, 0.1) is 5.92 Å². The summed E-state index contributed by atoms with van der Waals surface area (Å²) in [5, 5.41) is 7.85. The summed E-state index contributed by atoms with van der Waals surface area (Å²) in [5.41, 5.74) is -0.770. The number of hydrogen-bond donors (Lipinski definition) is 4. The van der Waals surface area contributed by atoms with Gasteiger partial charge in [0.15, 0.2) is 5.12 Å². The molecule has 1 aromatic heterocycles. The molecule has 0 bridgehead atoms. The Morgan fingerprint density at radius 3 is 2.35 bits per heavy atom. The number of nitrogens with one attached hydrogen (secondary N) is 4. The molecule has 1 rings (SSSR count). The highest BCUT2D eigenvalue weighted by Crippen LogP contribution is 2.16. The van der Waals surface area contributed by atoms with Crippen molar-refractivity contribution in [1.29, 1.82) is 0 Å². The Morgan fingerprint density at radius 2 is 1.73 bits per heavy atom. The van der Waals surface area contributed by atoms with Gasteiger partial charge < -0.3 is 35.1 Å². The molecule has 3 amide bonds. The van der Waals surface area contributed by atoms with Gasteiger partial charge in [0.05, 0.1) is 25.8 Å². The van der Waals surface area contributed by atoms with Crippen LogP contribution in [0.25, 0.3) is 0 Å². The number of thioether (sulfide) groups is 1. The number of aromatic amines is 1. The van der Waals surface area contributed by atoms with Crippen molar-refractivity contribution in [2.45, 2.75) is 150 Å². The Hall–Kier alpha value is -3.92. The molecule has 2 atom stereocenters. The Kier molecular flexibility index (Phi) is 22.6. The van der Waals surface area contributed by atoms with Crippen LogP contribution in [-0.2, 0) is 39.9 Å². The molecule has 0 aliphatic rings. The second-order valence-corrected chi connectivity index (χ2v) is 22.5.